The van der Waals surface area contributed by atoms with Crippen molar-refractivity contribution >= 4 is 0 Å². The van der Waals surface area contributed by atoms with Gasteiger partial charge >= 0.3 is 0 Å². The third kappa shape index (κ3) is 15.9. The van der Waals surface area contributed by atoms with Crippen molar-refractivity contribution in [1.82, 2.24) is 0 Å². The molecule has 0 aromatic rings. The quantitative estimate of drug-likeness (QED) is 0.218. The first-order valence-corrected chi connectivity index (χ1v) is 14.7. The standard InChI is InChI=1S/C40H54/c1-32(2)18-13-21-35(5)24-15-26-36(6)25-14-22-33(3)19-11-12-20-34(4)23-16-27-37(7)29-30-39-38(8)28-17-31-40(39,9)10/h11-16,18-27,29-30H,17,28,31H2,1-10H3/b12-11+,21-13+,22-14-,23-16-,26-15-,30-29+,33-19+,34-20+,35-24-,36-25-,37-27-. The molecule has 214 valence electrons. The lowest BCUT2D eigenvalue weighted by atomic mass is 9.72. The van der Waals surface area contributed by atoms with Gasteiger partial charge < -0.3 is 0 Å². The van der Waals surface area contributed by atoms with E-state index in [1.807, 2.05) is 0 Å². The Balaban J connectivity index is 2.61. The van der Waals surface area contributed by atoms with Crippen molar-refractivity contribution < 1.29 is 0 Å². The summed E-state index contributed by atoms with van der Waals surface area (Å²) in [6.07, 6.45) is 42.4. The molecule has 0 heterocycles. The zero-order valence-electron chi connectivity index (χ0n) is 27.0. The van der Waals surface area contributed by atoms with E-state index in [4.69, 9.17) is 0 Å². The lowest BCUT2D eigenvalue weighted by Crippen LogP contribution is -2.19. The van der Waals surface area contributed by atoms with Crippen LogP contribution in [0.2, 0.25) is 0 Å². The highest BCUT2D eigenvalue weighted by Gasteiger charge is 2.26. The summed E-state index contributed by atoms with van der Waals surface area (Å²) in [7, 11) is 0. The zero-order chi connectivity index (χ0) is 30.0. The van der Waals surface area contributed by atoms with Crippen LogP contribution in [0.15, 0.2) is 154 Å². The van der Waals surface area contributed by atoms with Gasteiger partial charge in [0, 0.05) is 0 Å². The smallest absolute Gasteiger partial charge is 0.0104 e. The molecule has 0 aromatic heterocycles. The summed E-state index contributed by atoms with van der Waals surface area (Å²) >= 11 is 0. The Labute approximate surface area is 247 Å². The summed E-state index contributed by atoms with van der Waals surface area (Å²) in [6, 6.07) is 0. The van der Waals surface area contributed by atoms with Crippen molar-refractivity contribution in [2.75, 3.05) is 0 Å². The molecule has 0 fully saturated rings. The Kier molecular flexibility index (Phi) is 16.3. The maximum absolute atomic E-state index is 2.37. The Morgan fingerprint density at radius 1 is 0.525 bits per heavy atom. The number of allylic oxidation sites excluding steroid dienone is 26. The normalized spacial score (nSPS) is 18.7. The molecule has 0 N–H and O–H groups in total. The maximum atomic E-state index is 2.37. The summed E-state index contributed by atoms with van der Waals surface area (Å²) in [6.45, 7) is 21.9. The van der Waals surface area contributed by atoms with Crippen molar-refractivity contribution in [1.29, 1.82) is 0 Å². The summed E-state index contributed by atoms with van der Waals surface area (Å²) in [4.78, 5) is 0. The second-order valence-electron chi connectivity index (χ2n) is 11.9. The molecule has 0 nitrogen and oxygen atoms in total. The van der Waals surface area contributed by atoms with Gasteiger partial charge in [-0.05, 0) is 85.6 Å². The van der Waals surface area contributed by atoms with Crippen LogP contribution in [-0.2, 0) is 0 Å². The predicted molar refractivity (Wildman–Crippen MR) is 183 cm³/mol. The molecule has 0 atom stereocenters. The first kappa shape index (κ1) is 34.6. The van der Waals surface area contributed by atoms with Crippen molar-refractivity contribution in [2.24, 2.45) is 5.41 Å². The van der Waals surface area contributed by atoms with Crippen LogP contribution in [0.3, 0.4) is 0 Å². The highest BCUT2D eigenvalue weighted by Crippen LogP contribution is 2.40. The van der Waals surface area contributed by atoms with Gasteiger partial charge in [0.1, 0.15) is 0 Å². The van der Waals surface area contributed by atoms with Gasteiger partial charge in [-0.15, -0.1) is 0 Å². The fourth-order valence-electron chi connectivity index (χ4n) is 4.36. The molecular formula is C40H54. The number of hydrogen-bond acceptors (Lipinski definition) is 0. The van der Waals surface area contributed by atoms with E-state index >= 15 is 0 Å². The largest absolute Gasteiger partial charge is 0.0764 e. The van der Waals surface area contributed by atoms with E-state index < -0.39 is 0 Å². The van der Waals surface area contributed by atoms with Gasteiger partial charge in [0.15, 0.2) is 0 Å². The maximum Gasteiger partial charge on any atom is -0.0104 e. The van der Waals surface area contributed by atoms with Crippen LogP contribution < -0.4 is 0 Å². The molecule has 0 unspecified atom stereocenters. The van der Waals surface area contributed by atoms with Crippen molar-refractivity contribution in [3.63, 3.8) is 0 Å². The molecule has 0 spiro atoms. The molecular weight excluding hydrogens is 480 g/mol. The lowest BCUT2D eigenvalue weighted by molar-refractivity contribution is 0.377. The topological polar surface area (TPSA) is 0 Å². The minimum atomic E-state index is 0.288. The molecule has 1 aliphatic rings. The SMILES string of the molecule is CC(C)=C/C=C/C(C)=C\C=C/C(C)=C\C=C/C(C)=C/C=C/C=C(C)/C=C\C=C(C)/C=C/C1=C(C)CCCC1(C)C. The molecule has 0 saturated carbocycles. The van der Waals surface area contributed by atoms with Gasteiger partial charge in [-0.2, -0.15) is 0 Å². The van der Waals surface area contributed by atoms with Crippen molar-refractivity contribution in [3.8, 4) is 0 Å². The van der Waals surface area contributed by atoms with Crippen LogP contribution in [-0.4, -0.2) is 0 Å². The van der Waals surface area contributed by atoms with Crippen molar-refractivity contribution in [3.05, 3.63) is 154 Å². The molecule has 1 rings (SSSR count). The Morgan fingerprint density at radius 2 is 0.900 bits per heavy atom. The molecule has 40 heavy (non-hydrogen) atoms. The van der Waals surface area contributed by atoms with Crippen LogP contribution in [0.5, 0.6) is 0 Å². The summed E-state index contributed by atoms with van der Waals surface area (Å²) in [5.41, 5.74) is 10.8. The van der Waals surface area contributed by atoms with Crippen LogP contribution in [0.25, 0.3) is 0 Å². The lowest BCUT2D eigenvalue weighted by Gasteiger charge is -2.32. The zero-order valence-corrected chi connectivity index (χ0v) is 27.0. The molecule has 0 aromatic carbocycles. The molecule has 0 radical (unpaired) electrons. The summed E-state index contributed by atoms with van der Waals surface area (Å²) < 4.78 is 0. The van der Waals surface area contributed by atoms with Crippen LogP contribution in [0.1, 0.15) is 88.5 Å². The van der Waals surface area contributed by atoms with Gasteiger partial charge in [-0.25, -0.2) is 0 Å². The van der Waals surface area contributed by atoms with E-state index in [-0.39, 0.29) is 5.41 Å². The van der Waals surface area contributed by atoms with Gasteiger partial charge in [0.2, 0.25) is 0 Å². The monoisotopic (exact) mass is 534 g/mol. The number of hydrogen-bond donors (Lipinski definition) is 0. The fourth-order valence-corrected chi connectivity index (χ4v) is 4.36. The Hall–Kier alpha value is -3.38. The third-order valence-electron chi connectivity index (χ3n) is 6.83. The molecule has 0 bridgehead atoms. The van der Waals surface area contributed by atoms with E-state index in [0.717, 1.165) is 0 Å². The van der Waals surface area contributed by atoms with E-state index in [2.05, 4.69) is 179 Å². The van der Waals surface area contributed by atoms with Gasteiger partial charge in [-0.1, -0.05) is 162 Å². The van der Waals surface area contributed by atoms with Crippen LogP contribution in [0, 0.1) is 5.41 Å². The van der Waals surface area contributed by atoms with Gasteiger partial charge in [-0.3, -0.25) is 0 Å². The molecule has 0 amide bonds. The van der Waals surface area contributed by atoms with Crippen molar-refractivity contribution in [2.45, 2.75) is 88.5 Å². The molecule has 0 saturated heterocycles. The van der Waals surface area contributed by atoms with E-state index in [1.54, 1.807) is 5.57 Å². The predicted octanol–water partition coefficient (Wildman–Crippen LogP) is 12.5. The van der Waals surface area contributed by atoms with E-state index in [0.29, 0.717) is 0 Å². The highest BCUT2D eigenvalue weighted by atomic mass is 14.3. The van der Waals surface area contributed by atoms with Gasteiger partial charge in [0.25, 0.3) is 0 Å². The first-order valence-electron chi connectivity index (χ1n) is 14.7. The van der Waals surface area contributed by atoms with E-state index in [9.17, 15) is 0 Å². The minimum Gasteiger partial charge on any atom is -0.0764 e. The van der Waals surface area contributed by atoms with Crippen LogP contribution in [0.4, 0.5) is 0 Å². The summed E-state index contributed by atoms with van der Waals surface area (Å²) in [5, 5.41) is 0. The molecule has 0 aliphatic heterocycles. The first-order chi connectivity index (χ1) is 18.9. The molecule has 1 aliphatic carbocycles. The summed E-state index contributed by atoms with van der Waals surface area (Å²) in [5.74, 6) is 0. The van der Waals surface area contributed by atoms with E-state index in [1.165, 1.54) is 58.3 Å². The number of rotatable bonds is 12. The Bertz CT molecular complexity index is 1220. The van der Waals surface area contributed by atoms with Crippen LogP contribution >= 0.6 is 0 Å². The minimum absolute atomic E-state index is 0.288. The van der Waals surface area contributed by atoms with Gasteiger partial charge in [0.05, 0.1) is 0 Å². The Morgan fingerprint density at radius 3 is 1.30 bits per heavy atom. The average molecular weight is 535 g/mol. The highest BCUT2D eigenvalue weighted by molar-refractivity contribution is 5.37. The third-order valence-corrected chi connectivity index (χ3v) is 6.83. The second kappa shape index (κ2) is 18.8. The fraction of sp³-hybridized carbons (Fsp3) is 0.350. The second-order valence-corrected chi connectivity index (χ2v) is 11.9. The average Bonchev–Trinajstić information content (AvgIpc) is 2.85. The molecule has 0 heteroatoms.